The van der Waals surface area contributed by atoms with E-state index in [0.29, 0.717) is 11.4 Å². The minimum Gasteiger partial charge on any atom is -0.457 e. The summed E-state index contributed by atoms with van der Waals surface area (Å²) in [5.41, 5.74) is 3.57. The molecule has 0 spiro atoms. The molecule has 0 atom stereocenters. The van der Waals surface area contributed by atoms with Gasteiger partial charge in [0.1, 0.15) is 17.2 Å². The van der Waals surface area contributed by atoms with Gasteiger partial charge < -0.3 is 4.74 Å². The molecule has 0 radical (unpaired) electrons. The molecule has 0 unspecified atom stereocenters. The first-order chi connectivity index (χ1) is 11.8. The first-order valence-corrected chi connectivity index (χ1v) is 7.39. The third-order valence-electron chi connectivity index (χ3n) is 3.11. The maximum Gasteiger partial charge on any atom is 0.289 e. The number of rotatable bonds is 5. The number of ether oxygens (including phenoxy) is 1. The Morgan fingerprint density at radius 3 is 2.54 bits per heavy atom. The van der Waals surface area contributed by atoms with Crippen LogP contribution < -0.4 is 10.2 Å². The molecular formula is C19H15N3O2. The molecule has 0 aliphatic heterocycles. The largest absolute Gasteiger partial charge is 0.457 e. The van der Waals surface area contributed by atoms with Gasteiger partial charge in [0.2, 0.25) is 0 Å². The lowest BCUT2D eigenvalue weighted by molar-refractivity contribution is 0.0950. The maximum absolute atomic E-state index is 11.8. The number of benzene rings is 2. The Labute approximate surface area is 139 Å². The van der Waals surface area contributed by atoms with E-state index in [1.807, 2.05) is 54.6 Å². The van der Waals surface area contributed by atoms with Gasteiger partial charge in [0, 0.05) is 6.20 Å². The summed E-state index contributed by atoms with van der Waals surface area (Å²) in [5, 5.41) is 3.95. The van der Waals surface area contributed by atoms with Crippen molar-refractivity contribution in [3.8, 4) is 11.5 Å². The summed E-state index contributed by atoms with van der Waals surface area (Å²) in [6.07, 6.45) is 3.11. The summed E-state index contributed by atoms with van der Waals surface area (Å²) < 4.78 is 5.76. The van der Waals surface area contributed by atoms with E-state index in [9.17, 15) is 4.79 Å². The van der Waals surface area contributed by atoms with Crippen LogP contribution in [-0.4, -0.2) is 17.1 Å². The van der Waals surface area contributed by atoms with E-state index in [2.05, 4.69) is 15.5 Å². The van der Waals surface area contributed by atoms with Gasteiger partial charge in [-0.25, -0.2) is 5.43 Å². The average molecular weight is 317 g/mol. The molecule has 0 saturated heterocycles. The minimum atomic E-state index is -0.358. The quantitative estimate of drug-likeness (QED) is 0.577. The molecule has 0 aliphatic carbocycles. The van der Waals surface area contributed by atoms with E-state index in [1.165, 1.54) is 0 Å². The lowest BCUT2D eigenvalue weighted by Gasteiger charge is -2.05. The number of para-hydroxylation sites is 1. The Morgan fingerprint density at radius 1 is 0.958 bits per heavy atom. The summed E-state index contributed by atoms with van der Waals surface area (Å²) in [7, 11) is 0. The Hall–Kier alpha value is -3.47. The SMILES string of the molecule is O=C(NN=Cc1cccc(Oc2ccccc2)c1)c1ccccn1. The smallest absolute Gasteiger partial charge is 0.289 e. The molecule has 24 heavy (non-hydrogen) atoms. The molecule has 118 valence electrons. The third kappa shape index (κ3) is 4.27. The van der Waals surface area contributed by atoms with Crippen LogP contribution in [0.5, 0.6) is 11.5 Å². The summed E-state index contributed by atoms with van der Waals surface area (Å²) in [6.45, 7) is 0. The fourth-order valence-electron chi connectivity index (χ4n) is 2.00. The Balaban J connectivity index is 1.63. The summed E-state index contributed by atoms with van der Waals surface area (Å²) in [4.78, 5) is 15.8. The second-order valence-corrected chi connectivity index (χ2v) is 4.90. The van der Waals surface area contributed by atoms with Crippen molar-refractivity contribution in [1.82, 2.24) is 10.4 Å². The number of hydrogen-bond donors (Lipinski definition) is 1. The normalized spacial score (nSPS) is 10.5. The number of hydrazone groups is 1. The molecular weight excluding hydrogens is 302 g/mol. The van der Waals surface area contributed by atoms with Crippen LogP contribution in [-0.2, 0) is 0 Å². The van der Waals surface area contributed by atoms with Crippen molar-refractivity contribution < 1.29 is 9.53 Å². The van der Waals surface area contributed by atoms with Crippen molar-refractivity contribution in [3.05, 3.63) is 90.3 Å². The summed E-state index contributed by atoms with van der Waals surface area (Å²) in [6, 6.07) is 22.1. The van der Waals surface area contributed by atoms with E-state index < -0.39 is 0 Å². The number of hydrogen-bond acceptors (Lipinski definition) is 4. The molecule has 1 heterocycles. The van der Waals surface area contributed by atoms with Crippen molar-refractivity contribution in [1.29, 1.82) is 0 Å². The monoisotopic (exact) mass is 317 g/mol. The molecule has 3 aromatic rings. The highest BCUT2D eigenvalue weighted by Gasteiger charge is 2.03. The lowest BCUT2D eigenvalue weighted by Crippen LogP contribution is -2.18. The Kier molecular flexibility index (Phi) is 4.94. The van der Waals surface area contributed by atoms with E-state index in [-0.39, 0.29) is 5.91 Å². The van der Waals surface area contributed by atoms with Crippen LogP contribution in [0.4, 0.5) is 0 Å². The molecule has 1 aromatic heterocycles. The Morgan fingerprint density at radius 2 is 1.75 bits per heavy atom. The highest BCUT2D eigenvalue weighted by molar-refractivity contribution is 5.93. The van der Waals surface area contributed by atoms with Crippen LogP contribution in [0.1, 0.15) is 16.1 Å². The second-order valence-electron chi connectivity index (χ2n) is 4.90. The molecule has 5 heteroatoms. The second kappa shape index (κ2) is 7.69. The summed E-state index contributed by atoms with van der Waals surface area (Å²) >= 11 is 0. The molecule has 0 aliphatic rings. The molecule has 1 N–H and O–H groups in total. The maximum atomic E-state index is 11.8. The van der Waals surface area contributed by atoms with Crippen molar-refractivity contribution in [2.75, 3.05) is 0 Å². The van der Waals surface area contributed by atoms with Gasteiger partial charge in [-0.2, -0.15) is 5.10 Å². The molecule has 2 aromatic carbocycles. The lowest BCUT2D eigenvalue weighted by atomic mass is 10.2. The van der Waals surface area contributed by atoms with Gasteiger partial charge in [0.25, 0.3) is 5.91 Å². The van der Waals surface area contributed by atoms with Crippen LogP contribution >= 0.6 is 0 Å². The van der Waals surface area contributed by atoms with Crippen LogP contribution in [0, 0.1) is 0 Å². The number of carbonyl (C=O) groups excluding carboxylic acids is 1. The molecule has 0 bridgehead atoms. The number of amides is 1. The van der Waals surface area contributed by atoms with Crippen LogP contribution in [0.2, 0.25) is 0 Å². The Bertz CT molecular complexity index is 834. The molecule has 0 fully saturated rings. The predicted molar refractivity (Wildman–Crippen MR) is 92.3 cm³/mol. The van der Waals surface area contributed by atoms with Gasteiger partial charge >= 0.3 is 0 Å². The highest BCUT2D eigenvalue weighted by Crippen LogP contribution is 2.21. The van der Waals surface area contributed by atoms with Crippen LogP contribution in [0.25, 0.3) is 0 Å². The topological polar surface area (TPSA) is 63.6 Å². The van der Waals surface area contributed by atoms with Gasteiger partial charge in [0.05, 0.1) is 6.21 Å². The molecule has 5 nitrogen and oxygen atoms in total. The van der Waals surface area contributed by atoms with Gasteiger partial charge in [-0.3, -0.25) is 9.78 Å². The number of nitrogens with zero attached hydrogens (tertiary/aromatic N) is 2. The zero-order chi connectivity index (χ0) is 16.6. The van der Waals surface area contributed by atoms with Gasteiger partial charge in [-0.15, -0.1) is 0 Å². The average Bonchev–Trinajstić information content (AvgIpc) is 2.63. The molecule has 3 rings (SSSR count). The number of pyridine rings is 1. The molecule has 1 amide bonds. The van der Waals surface area contributed by atoms with Gasteiger partial charge in [-0.05, 0) is 42.0 Å². The van der Waals surface area contributed by atoms with E-state index in [1.54, 1.807) is 30.6 Å². The molecule has 0 saturated carbocycles. The van der Waals surface area contributed by atoms with Crippen molar-refractivity contribution in [2.24, 2.45) is 5.10 Å². The van der Waals surface area contributed by atoms with Crippen molar-refractivity contribution in [2.45, 2.75) is 0 Å². The van der Waals surface area contributed by atoms with E-state index in [0.717, 1.165) is 11.3 Å². The highest BCUT2D eigenvalue weighted by atomic mass is 16.5. The van der Waals surface area contributed by atoms with Gasteiger partial charge in [0.15, 0.2) is 0 Å². The standard InChI is InChI=1S/C19H15N3O2/c23-19(18-11-4-5-12-20-18)22-21-14-15-7-6-10-17(13-15)24-16-8-2-1-3-9-16/h1-14H,(H,22,23). The van der Waals surface area contributed by atoms with Gasteiger partial charge in [-0.1, -0.05) is 36.4 Å². The minimum absolute atomic E-state index is 0.316. The fourth-order valence-corrected chi connectivity index (χ4v) is 2.00. The van der Waals surface area contributed by atoms with Crippen molar-refractivity contribution >= 4 is 12.1 Å². The third-order valence-corrected chi connectivity index (χ3v) is 3.11. The number of carbonyl (C=O) groups is 1. The number of aromatic nitrogens is 1. The predicted octanol–water partition coefficient (Wildman–Crippen LogP) is 3.64. The zero-order valence-corrected chi connectivity index (χ0v) is 12.8. The van der Waals surface area contributed by atoms with Crippen LogP contribution in [0.3, 0.4) is 0 Å². The fraction of sp³-hybridized carbons (Fsp3) is 0. The van der Waals surface area contributed by atoms with E-state index >= 15 is 0 Å². The first kappa shape index (κ1) is 15.4. The number of nitrogens with one attached hydrogen (secondary N) is 1. The first-order valence-electron chi connectivity index (χ1n) is 7.39. The zero-order valence-electron chi connectivity index (χ0n) is 12.8. The van der Waals surface area contributed by atoms with Crippen LogP contribution in [0.15, 0.2) is 84.1 Å². The van der Waals surface area contributed by atoms with E-state index in [4.69, 9.17) is 4.74 Å². The summed E-state index contributed by atoms with van der Waals surface area (Å²) in [5.74, 6) is 1.10. The van der Waals surface area contributed by atoms with Crippen molar-refractivity contribution in [3.63, 3.8) is 0 Å².